The molecule has 28 heavy (non-hydrogen) atoms. The summed E-state index contributed by atoms with van der Waals surface area (Å²) in [5.74, 6) is 0.965. The van der Waals surface area contributed by atoms with Gasteiger partial charge >= 0.3 is 0 Å². The Kier molecular flexibility index (Phi) is 5.10. The summed E-state index contributed by atoms with van der Waals surface area (Å²) >= 11 is 0. The van der Waals surface area contributed by atoms with Gasteiger partial charge < -0.3 is 10.1 Å². The van der Waals surface area contributed by atoms with E-state index in [0.717, 1.165) is 42.5 Å². The molecule has 6 heteroatoms. The van der Waals surface area contributed by atoms with E-state index in [1.54, 1.807) is 31.4 Å². The lowest BCUT2D eigenvalue weighted by Gasteiger charge is -2.29. The number of methoxy groups -OCH3 is 1. The second kappa shape index (κ2) is 7.84. The van der Waals surface area contributed by atoms with Gasteiger partial charge in [-0.2, -0.15) is 5.10 Å². The molecule has 0 atom stereocenters. The molecular formula is C22H23N3O3. The van der Waals surface area contributed by atoms with Gasteiger partial charge in [-0.1, -0.05) is 18.2 Å². The number of ether oxygens (including phenoxy) is 1. The van der Waals surface area contributed by atoms with E-state index in [0.29, 0.717) is 10.9 Å². The van der Waals surface area contributed by atoms with E-state index in [1.807, 2.05) is 24.3 Å². The second-order valence-electron chi connectivity index (χ2n) is 7.23. The van der Waals surface area contributed by atoms with Crippen molar-refractivity contribution in [3.8, 4) is 5.75 Å². The molecule has 0 radical (unpaired) electrons. The van der Waals surface area contributed by atoms with Gasteiger partial charge in [0, 0.05) is 22.9 Å². The van der Waals surface area contributed by atoms with E-state index in [4.69, 9.17) is 4.74 Å². The number of H-pyrrole nitrogens is 1. The average molecular weight is 377 g/mol. The Morgan fingerprint density at radius 3 is 2.39 bits per heavy atom. The van der Waals surface area contributed by atoms with Crippen molar-refractivity contribution in [1.82, 2.24) is 15.5 Å². The van der Waals surface area contributed by atoms with Gasteiger partial charge in [0.15, 0.2) is 0 Å². The summed E-state index contributed by atoms with van der Waals surface area (Å²) in [6, 6.07) is 14.9. The zero-order valence-corrected chi connectivity index (χ0v) is 15.8. The van der Waals surface area contributed by atoms with Crippen molar-refractivity contribution in [3.63, 3.8) is 0 Å². The number of nitrogens with one attached hydrogen (secondary N) is 2. The number of hydrogen-bond donors (Lipinski definition) is 2. The number of carbonyl (C=O) groups excluding carboxylic acids is 1. The molecule has 0 spiro atoms. The summed E-state index contributed by atoms with van der Waals surface area (Å²) in [4.78, 5) is 24.5. The Labute approximate surface area is 162 Å². The highest BCUT2D eigenvalue weighted by Gasteiger charge is 2.26. The first-order valence-corrected chi connectivity index (χ1v) is 9.58. The maximum absolute atomic E-state index is 12.5. The average Bonchev–Trinajstić information content (AvgIpc) is 2.75. The summed E-state index contributed by atoms with van der Waals surface area (Å²) in [5, 5.41) is 11.7. The number of nitrogens with zero attached hydrogens (tertiary/aromatic N) is 1. The number of rotatable bonds is 4. The van der Waals surface area contributed by atoms with Crippen molar-refractivity contribution >= 4 is 16.7 Å². The molecule has 2 N–H and O–H groups in total. The minimum Gasteiger partial charge on any atom is -0.497 e. The summed E-state index contributed by atoms with van der Waals surface area (Å²) in [6.07, 6.45) is 3.64. The van der Waals surface area contributed by atoms with Crippen LogP contribution < -0.4 is 15.6 Å². The highest BCUT2D eigenvalue weighted by molar-refractivity contribution is 5.94. The first kappa shape index (κ1) is 18.2. The van der Waals surface area contributed by atoms with Crippen LogP contribution in [0.25, 0.3) is 10.8 Å². The maximum Gasteiger partial charge on any atom is 0.272 e. The Hall–Kier alpha value is -3.15. The first-order valence-electron chi connectivity index (χ1n) is 9.58. The van der Waals surface area contributed by atoms with Crippen molar-refractivity contribution in [2.45, 2.75) is 37.6 Å². The molecule has 1 aliphatic rings. The van der Waals surface area contributed by atoms with E-state index in [1.165, 1.54) is 0 Å². The van der Waals surface area contributed by atoms with Gasteiger partial charge in [0.25, 0.3) is 11.5 Å². The molecule has 1 saturated carbocycles. The normalized spacial score (nSPS) is 19.3. The van der Waals surface area contributed by atoms with Crippen LogP contribution in [0.4, 0.5) is 0 Å². The molecule has 1 aliphatic carbocycles. The molecular weight excluding hydrogens is 354 g/mol. The van der Waals surface area contributed by atoms with E-state index in [9.17, 15) is 9.59 Å². The summed E-state index contributed by atoms with van der Waals surface area (Å²) < 4.78 is 5.13. The van der Waals surface area contributed by atoms with Gasteiger partial charge in [0.1, 0.15) is 5.75 Å². The SMILES string of the molecule is COc1ccc(C(=O)NC2CCC(c3n[nH]c(=O)c4ccccc34)CC2)cc1. The van der Waals surface area contributed by atoms with E-state index >= 15 is 0 Å². The predicted octanol–water partition coefficient (Wildman–Crippen LogP) is 3.39. The molecule has 0 bridgehead atoms. The predicted molar refractivity (Wildman–Crippen MR) is 108 cm³/mol. The minimum absolute atomic E-state index is 0.0567. The fraction of sp³-hybridized carbons (Fsp3) is 0.318. The Morgan fingerprint density at radius 1 is 1.04 bits per heavy atom. The molecule has 1 heterocycles. The molecule has 4 rings (SSSR count). The van der Waals surface area contributed by atoms with Crippen LogP contribution in [0.2, 0.25) is 0 Å². The van der Waals surface area contributed by atoms with Crippen LogP contribution in [-0.2, 0) is 0 Å². The van der Waals surface area contributed by atoms with Crippen LogP contribution in [0.5, 0.6) is 5.75 Å². The van der Waals surface area contributed by atoms with Crippen molar-refractivity contribution in [2.75, 3.05) is 7.11 Å². The van der Waals surface area contributed by atoms with Crippen molar-refractivity contribution in [1.29, 1.82) is 0 Å². The maximum atomic E-state index is 12.5. The van der Waals surface area contributed by atoms with Gasteiger partial charge in [-0.3, -0.25) is 9.59 Å². The minimum atomic E-state index is -0.153. The van der Waals surface area contributed by atoms with Crippen LogP contribution in [0.15, 0.2) is 53.3 Å². The van der Waals surface area contributed by atoms with E-state index in [2.05, 4.69) is 15.5 Å². The molecule has 144 valence electrons. The molecule has 1 amide bonds. The number of aromatic nitrogens is 2. The van der Waals surface area contributed by atoms with E-state index < -0.39 is 0 Å². The number of fused-ring (bicyclic) bond motifs is 1. The van der Waals surface area contributed by atoms with Crippen LogP contribution in [0, 0.1) is 0 Å². The zero-order chi connectivity index (χ0) is 19.5. The number of benzene rings is 2. The zero-order valence-electron chi connectivity index (χ0n) is 15.8. The van der Waals surface area contributed by atoms with Crippen LogP contribution in [0.1, 0.15) is 47.7 Å². The van der Waals surface area contributed by atoms with E-state index in [-0.39, 0.29) is 23.4 Å². The number of carbonyl (C=O) groups is 1. The largest absolute Gasteiger partial charge is 0.497 e. The summed E-state index contributed by atoms with van der Waals surface area (Å²) in [7, 11) is 1.61. The monoisotopic (exact) mass is 377 g/mol. The van der Waals surface area contributed by atoms with Crippen molar-refractivity contribution in [3.05, 3.63) is 70.1 Å². The highest BCUT2D eigenvalue weighted by atomic mass is 16.5. The standard InChI is InChI=1S/C22H23N3O3/c1-28-17-12-8-15(9-13-17)21(26)23-16-10-6-14(7-11-16)20-18-4-2-3-5-19(18)22(27)25-24-20/h2-5,8-9,12-14,16H,6-7,10-11H2,1H3,(H,23,26)(H,25,27). The van der Waals surface area contributed by atoms with Crippen LogP contribution in [0.3, 0.4) is 0 Å². The van der Waals surface area contributed by atoms with Gasteiger partial charge in [-0.25, -0.2) is 5.10 Å². The molecule has 1 aromatic heterocycles. The lowest BCUT2D eigenvalue weighted by Crippen LogP contribution is -2.37. The van der Waals surface area contributed by atoms with Gasteiger partial charge in [0.2, 0.25) is 0 Å². The summed E-state index contributed by atoms with van der Waals surface area (Å²) in [5.41, 5.74) is 1.44. The second-order valence-corrected chi connectivity index (χ2v) is 7.23. The molecule has 2 aromatic carbocycles. The fourth-order valence-electron chi connectivity index (χ4n) is 3.97. The van der Waals surface area contributed by atoms with Gasteiger partial charge in [-0.05, 0) is 56.0 Å². The van der Waals surface area contributed by atoms with Crippen LogP contribution in [-0.4, -0.2) is 29.3 Å². The van der Waals surface area contributed by atoms with Crippen LogP contribution >= 0.6 is 0 Å². The molecule has 3 aromatic rings. The summed E-state index contributed by atoms with van der Waals surface area (Å²) in [6.45, 7) is 0. The Balaban J connectivity index is 1.42. The molecule has 0 saturated heterocycles. The highest BCUT2D eigenvalue weighted by Crippen LogP contribution is 2.34. The van der Waals surface area contributed by atoms with Crippen molar-refractivity contribution in [2.24, 2.45) is 0 Å². The fourth-order valence-corrected chi connectivity index (χ4v) is 3.97. The lowest BCUT2D eigenvalue weighted by molar-refractivity contribution is 0.0925. The smallest absolute Gasteiger partial charge is 0.272 e. The third-order valence-corrected chi connectivity index (χ3v) is 5.53. The van der Waals surface area contributed by atoms with Crippen molar-refractivity contribution < 1.29 is 9.53 Å². The first-order chi connectivity index (χ1) is 13.7. The number of amides is 1. The Morgan fingerprint density at radius 2 is 1.71 bits per heavy atom. The van der Waals surface area contributed by atoms with Gasteiger partial charge in [-0.15, -0.1) is 0 Å². The molecule has 0 unspecified atom stereocenters. The number of hydrogen-bond acceptors (Lipinski definition) is 4. The number of aromatic amines is 1. The Bertz CT molecular complexity index is 1030. The molecule has 1 fully saturated rings. The van der Waals surface area contributed by atoms with Gasteiger partial charge in [0.05, 0.1) is 18.2 Å². The molecule has 6 nitrogen and oxygen atoms in total. The molecule has 0 aliphatic heterocycles. The third-order valence-electron chi connectivity index (χ3n) is 5.53. The third kappa shape index (κ3) is 3.63. The quantitative estimate of drug-likeness (QED) is 0.730. The lowest BCUT2D eigenvalue weighted by atomic mass is 9.82. The topological polar surface area (TPSA) is 84.1 Å².